The van der Waals surface area contributed by atoms with E-state index in [1.54, 1.807) is 0 Å². The minimum atomic E-state index is -1.65. The fraction of sp³-hybridized carbons (Fsp3) is 0.423. The molecule has 2 heterocycles. The second-order valence-electron chi connectivity index (χ2n) is 9.22. The molecule has 2 aliphatic rings. The number of carbonyl (C=O) groups excluding carboxylic acids is 1. The second-order valence-corrected chi connectivity index (χ2v) is 10.1. The Morgan fingerprint density at radius 1 is 1.14 bits per heavy atom. The summed E-state index contributed by atoms with van der Waals surface area (Å²) >= 11 is 11.9. The number of nitrogens with one attached hydrogen (secondary N) is 2. The predicted octanol–water partition coefficient (Wildman–Crippen LogP) is 1.31. The molecule has 2 saturated heterocycles. The molecule has 0 spiro atoms. The average molecular weight is 640 g/mol. The van der Waals surface area contributed by atoms with Gasteiger partial charge in [-0.05, 0) is 43.3 Å². The van der Waals surface area contributed by atoms with Crippen LogP contribution in [0.25, 0.3) is 5.70 Å². The van der Waals surface area contributed by atoms with Crippen LogP contribution in [0.3, 0.4) is 0 Å². The minimum Gasteiger partial charge on any atom is -0.400 e. The maximum atomic E-state index is 13.5. The van der Waals surface area contributed by atoms with Crippen molar-refractivity contribution in [3.8, 4) is 0 Å². The van der Waals surface area contributed by atoms with Gasteiger partial charge in [0.2, 0.25) is 0 Å². The number of nitrogens with zero attached hydrogens (tertiary/aromatic N) is 1. The summed E-state index contributed by atoms with van der Waals surface area (Å²) in [7, 11) is 1.00. The molecule has 5 atom stereocenters. The van der Waals surface area contributed by atoms with Crippen LogP contribution in [0.4, 0.5) is 18.9 Å². The lowest BCUT2D eigenvalue weighted by Gasteiger charge is -2.41. The van der Waals surface area contributed by atoms with Gasteiger partial charge in [0.05, 0.1) is 24.4 Å². The lowest BCUT2D eigenvalue weighted by atomic mass is 9.94. The van der Waals surface area contributed by atoms with E-state index in [0.717, 1.165) is 37.8 Å². The molecule has 0 saturated carbocycles. The van der Waals surface area contributed by atoms with Crippen molar-refractivity contribution >= 4 is 40.5 Å². The van der Waals surface area contributed by atoms with Crippen molar-refractivity contribution in [2.75, 3.05) is 32.1 Å². The van der Waals surface area contributed by atoms with E-state index >= 15 is 0 Å². The van der Waals surface area contributed by atoms with Crippen LogP contribution in [0.1, 0.15) is 18.4 Å². The zero-order valence-electron chi connectivity index (χ0n) is 22.5. The number of anilines is 1. The summed E-state index contributed by atoms with van der Waals surface area (Å²) in [6.45, 7) is 1.15. The summed E-state index contributed by atoms with van der Waals surface area (Å²) < 4.78 is 45.8. The Labute approximate surface area is 250 Å². The number of rotatable bonds is 6. The molecule has 4 rings (SSSR count). The zero-order chi connectivity index (χ0) is 31.6. The molecule has 10 N–H and O–H groups in total. The number of nitrogens with two attached hydrogens (primary N) is 2. The average Bonchev–Trinajstić information content (AvgIpc) is 3.43. The number of halogens is 5. The highest BCUT2D eigenvalue weighted by Gasteiger charge is 2.42. The van der Waals surface area contributed by atoms with Gasteiger partial charge in [-0.15, -0.1) is 0 Å². The van der Waals surface area contributed by atoms with Crippen LogP contribution in [-0.4, -0.2) is 88.6 Å². The number of benzene rings is 2. The second kappa shape index (κ2) is 16.8. The molecule has 0 aromatic heterocycles. The fourth-order valence-corrected chi connectivity index (χ4v) is 4.64. The number of hydrogen-bond acceptors (Lipinski definition) is 10. The molecular weight excluding hydrogens is 606 g/mol. The number of amides is 1. The van der Waals surface area contributed by atoms with Crippen molar-refractivity contribution < 1.29 is 43.1 Å². The molecule has 2 aromatic rings. The van der Waals surface area contributed by atoms with Gasteiger partial charge >= 0.3 is 0 Å². The van der Waals surface area contributed by atoms with Crippen LogP contribution in [0, 0.1) is 17.5 Å². The van der Waals surface area contributed by atoms with E-state index in [4.69, 9.17) is 49.7 Å². The van der Waals surface area contributed by atoms with E-state index < -0.39 is 54.3 Å². The highest BCUT2D eigenvalue weighted by Crippen LogP contribution is 2.27. The molecule has 234 valence electrons. The van der Waals surface area contributed by atoms with E-state index in [1.165, 1.54) is 18.2 Å². The topological polar surface area (TPSA) is 187 Å². The Morgan fingerprint density at radius 2 is 1.74 bits per heavy atom. The highest BCUT2D eigenvalue weighted by atomic mass is 35.5. The van der Waals surface area contributed by atoms with Gasteiger partial charge in [-0.1, -0.05) is 23.2 Å². The standard InChI is InChI=1S/C21H21Cl2F3N4O4.C4H9NO.CH4O/c22-10-3-11(23)5-12(4-10)29-21(33)17-6-16(20(32)18(8-31)34-17)30(28)7-15(27)9-1-13(24)19(26)14(25)2-9;6-4-1-2-5-3-4;1-2/h1-5,7,16-18,20,31-32H,6,8,27-28H2,(H,29,33);4-6H,1-3H2;2H,1H3/b15-7-;;. The lowest BCUT2D eigenvalue weighted by molar-refractivity contribution is -0.170. The quantitative estimate of drug-likeness (QED) is 0.130. The Hall–Kier alpha value is -2.66. The third-order valence-electron chi connectivity index (χ3n) is 6.19. The minimum absolute atomic E-state index is 0.0648. The molecule has 1 amide bonds. The molecule has 0 radical (unpaired) electrons. The Morgan fingerprint density at radius 3 is 2.21 bits per heavy atom. The van der Waals surface area contributed by atoms with Gasteiger partial charge in [0.15, 0.2) is 17.5 Å². The maximum Gasteiger partial charge on any atom is 0.253 e. The van der Waals surface area contributed by atoms with Crippen LogP contribution in [-0.2, 0) is 9.53 Å². The molecule has 2 aromatic carbocycles. The summed E-state index contributed by atoms with van der Waals surface area (Å²) in [5.41, 5.74) is 5.70. The van der Waals surface area contributed by atoms with Gasteiger partial charge in [0, 0.05) is 47.6 Å². The number of aliphatic hydroxyl groups is 4. The van der Waals surface area contributed by atoms with Gasteiger partial charge in [0.25, 0.3) is 5.91 Å². The SMILES string of the molecule is CO.N/C(=C\N(N)C1CC(C(=O)Nc2cc(Cl)cc(Cl)c2)OC(CO)C1O)c1cc(F)c(F)c(F)c1.OC1CCNC1. The number of carbonyl (C=O) groups is 1. The fourth-order valence-electron chi connectivity index (χ4n) is 4.11. The van der Waals surface area contributed by atoms with Crippen molar-refractivity contribution in [1.29, 1.82) is 0 Å². The predicted molar refractivity (Wildman–Crippen MR) is 151 cm³/mol. The van der Waals surface area contributed by atoms with E-state index in [1.807, 2.05) is 0 Å². The molecular formula is C26H34Cl2F3N5O6. The Kier molecular flexibility index (Phi) is 14.2. The van der Waals surface area contributed by atoms with E-state index in [9.17, 15) is 28.2 Å². The Bertz CT molecular complexity index is 1180. The van der Waals surface area contributed by atoms with E-state index in [-0.39, 0.29) is 33.8 Å². The Balaban J connectivity index is 0.000000672. The highest BCUT2D eigenvalue weighted by molar-refractivity contribution is 6.35. The summed E-state index contributed by atoms with van der Waals surface area (Å²) in [6.07, 6.45) is -1.92. The molecule has 16 heteroatoms. The van der Waals surface area contributed by atoms with Crippen LogP contribution in [0.15, 0.2) is 36.5 Å². The van der Waals surface area contributed by atoms with Crippen molar-refractivity contribution in [1.82, 2.24) is 10.3 Å². The van der Waals surface area contributed by atoms with Gasteiger partial charge in [-0.3, -0.25) is 4.79 Å². The third kappa shape index (κ3) is 9.97. The molecule has 11 nitrogen and oxygen atoms in total. The zero-order valence-corrected chi connectivity index (χ0v) is 24.0. The number of aliphatic hydroxyl groups excluding tert-OH is 4. The van der Waals surface area contributed by atoms with Crippen LogP contribution >= 0.6 is 23.2 Å². The van der Waals surface area contributed by atoms with Gasteiger partial charge in [-0.25, -0.2) is 19.0 Å². The van der Waals surface area contributed by atoms with Gasteiger partial charge in [0.1, 0.15) is 18.3 Å². The van der Waals surface area contributed by atoms with Gasteiger partial charge in [-0.2, -0.15) is 0 Å². The first-order valence-electron chi connectivity index (χ1n) is 12.6. The number of ether oxygens (including phenoxy) is 1. The molecule has 42 heavy (non-hydrogen) atoms. The van der Waals surface area contributed by atoms with Crippen LogP contribution < -0.4 is 22.2 Å². The summed E-state index contributed by atoms with van der Waals surface area (Å²) in [6, 6.07) is 4.76. The smallest absolute Gasteiger partial charge is 0.253 e. The summed E-state index contributed by atoms with van der Waals surface area (Å²) in [5, 5.41) is 42.9. The van der Waals surface area contributed by atoms with Crippen molar-refractivity contribution in [3.05, 3.63) is 69.6 Å². The number of hydrogen-bond donors (Lipinski definition) is 8. The van der Waals surface area contributed by atoms with E-state index in [2.05, 4.69) is 10.6 Å². The normalized spacial score (nSPS) is 23.7. The number of hydrazine groups is 1. The van der Waals surface area contributed by atoms with Crippen LogP contribution in [0.5, 0.6) is 0 Å². The number of β-amino-alcohol motifs (C(OH)–C–C–N with tert-alkyl or cyclic N) is 1. The monoisotopic (exact) mass is 639 g/mol. The molecule has 0 bridgehead atoms. The van der Waals surface area contributed by atoms with Gasteiger partial charge < -0.3 is 46.5 Å². The lowest BCUT2D eigenvalue weighted by Crippen LogP contribution is -2.59. The molecule has 2 aliphatic heterocycles. The van der Waals surface area contributed by atoms with E-state index in [0.29, 0.717) is 17.8 Å². The first-order valence-corrected chi connectivity index (χ1v) is 13.3. The molecule has 0 aliphatic carbocycles. The summed E-state index contributed by atoms with van der Waals surface area (Å²) in [5.74, 6) is 0.841. The van der Waals surface area contributed by atoms with Crippen molar-refractivity contribution in [2.45, 2.75) is 43.3 Å². The largest absolute Gasteiger partial charge is 0.400 e. The van der Waals surface area contributed by atoms with Crippen molar-refractivity contribution in [2.24, 2.45) is 11.6 Å². The summed E-state index contributed by atoms with van der Waals surface area (Å²) in [4.78, 5) is 12.8. The first kappa shape index (κ1) is 35.5. The van der Waals surface area contributed by atoms with Crippen LogP contribution in [0.2, 0.25) is 10.0 Å². The molecule has 5 unspecified atom stereocenters. The first-order chi connectivity index (χ1) is 19.9. The maximum absolute atomic E-state index is 13.5. The third-order valence-corrected chi connectivity index (χ3v) is 6.63. The molecule has 2 fully saturated rings. The van der Waals surface area contributed by atoms with Crippen molar-refractivity contribution in [3.63, 3.8) is 0 Å².